The number of carbonyl (C=O) groups excluding carboxylic acids is 1. The first-order valence-corrected chi connectivity index (χ1v) is 7.91. The first kappa shape index (κ1) is 16.3. The van der Waals surface area contributed by atoms with Crippen LogP contribution in [0.25, 0.3) is 11.8 Å². The first-order valence-electron chi connectivity index (χ1n) is 7.91. The third-order valence-corrected chi connectivity index (χ3v) is 3.81. The molecule has 0 aliphatic rings. The molecule has 0 saturated heterocycles. The van der Waals surface area contributed by atoms with Crippen LogP contribution in [0.1, 0.15) is 11.4 Å². The molecule has 1 N–H and O–H groups in total. The SMILES string of the molecule is Cc1ccc(/C=C(/C#N)C(=O)Nc2ccccc2)n1-c1ccccc1. The van der Waals surface area contributed by atoms with E-state index < -0.39 is 5.91 Å². The summed E-state index contributed by atoms with van der Waals surface area (Å²) >= 11 is 0. The number of para-hydroxylation sites is 2. The lowest BCUT2D eigenvalue weighted by molar-refractivity contribution is -0.112. The van der Waals surface area contributed by atoms with E-state index in [1.165, 1.54) is 0 Å². The average Bonchev–Trinajstić information content (AvgIpc) is 3.01. The van der Waals surface area contributed by atoms with E-state index in [0.29, 0.717) is 5.69 Å². The highest BCUT2D eigenvalue weighted by atomic mass is 16.1. The molecule has 4 nitrogen and oxygen atoms in total. The van der Waals surface area contributed by atoms with Gasteiger partial charge in [0.25, 0.3) is 5.91 Å². The predicted octanol–water partition coefficient (Wildman–Crippen LogP) is 4.33. The summed E-state index contributed by atoms with van der Waals surface area (Å²) in [4.78, 5) is 12.4. The third kappa shape index (κ3) is 3.67. The number of nitrogens with zero attached hydrogens (tertiary/aromatic N) is 2. The van der Waals surface area contributed by atoms with Gasteiger partial charge >= 0.3 is 0 Å². The lowest BCUT2D eigenvalue weighted by Gasteiger charge is -2.10. The van der Waals surface area contributed by atoms with Gasteiger partial charge < -0.3 is 9.88 Å². The van der Waals surface area contributed by atoms with Gasteiger partial charge in [-0.2, -0.15) is 5.26 Å². The maximum Gasteiger partial charge on any atom is 0.266 e. The van der Waals surface area contributed by atoms with Crippen molar-refractivity contribution < 1.29 is 4.79 Å². The highest BCUT2D eigenvalue weighted by molar-refractivity contribution is 6.09. The fourth-order valence-corrected chi connectivity index (χ4v) is 2.62. The van der Waals surface area contributed by atoms with Gasteiger partial charge in [0.2, 0.25) is 0 Å². The van der Waals surface area contributed by atoms with E-state index in [1.807, 2.05) is 78.2 Å². The van der Waals surface area contributed by atoms with E-state index in [0.717, 1.165) is 17.1 Å². The van der Waals surface area contributed by atoms with E-state index in [9.17, 15) is 10.1 Å². The van der Waals surface area contributed by atoms with Gasteiger partial charge in [0, 0.05) is 22.8 Å². The number of nitrogens with one attached hydrogen (secondary N) is 1. The Hall–Kier alpha value is -3.58. The Bertz CT molecular complexity index is 948. The number of rotatable bonds is 4. The topological polar surface area (TPSA) is 57.8 Å². The molecule has 1 heterocycles. The van der Waals surface area contributed by atoms with Crippen molar-refractivity contribution in [3.8, 4) is 11.8 Å². The van der Waals surface area contributed by atoms with Crippen molar-refractivity contribution in [2.75, 3.05) is 5.32 Å². The standard InChI is InChI=1S/C21H17N3O/c1-16-12-13-20(24(16)19-10-6-3-7-11-19)14-17(15-22)21(25)23-18-8-4-2-5-9-18/h2-14H,1H3,(H,23,25)/b17-14-. The Kier molecular flexibility index (Phi) is 4.77. The number of anilines is 1. The Labute approximate surface area is 146 Å². The number of carbonyl (C=O) groups is 1. The number of aryl methyl sites for hydroxylation is 1. The van der Waals surface area contributed by atoms with Crippen molar-refractivity contribution >= 4 is 17.7 Å². The molecular weight excluding hydrogens is 310 g/mol. The van der Waals surface area contributed by atoms with Crippen LogP contribution in [0.4, 0.5) is 5.69 Å². The summed E-state index contributed by atoms with van der Waals surface area (Å²) in [6.45, 7) is 1.99. The van der Waals surface area contributed by atoms with Crippen LogP contribution in [-0.4, -0.2) is 10.5 Å². The lowest BCUT2D eigenvalue weighted by Crippen LogP contribution is -2.13. The van der Waals surface area contributed by atoms with Crippen LogP contribution in [-0.2, 0) is 4.79 Å². The molecule has 0 spiro atoms. The van der Waals surface area contributed by atoms with Crippen molar-refractivity contribution in [1.82, 2.24) is 4.57 Å². The van der Waals surface area contributed by atoms with E-state index in [-0.39, 0.29) is 5.57 Å². The van der Waals surface area contributed by atoms with Crippen LogP contribution < -0.4 is 5.32 Å². The van der Waals surface area contributed by atoms with Crippen molar-refractivity contribution in [3.63, 3.8) is 0 Å². The van der Waals surface area contributed by atoms with Crippen molar-refractivity contribution in [1.29, 1.82) is 5.26 Å². The van der Waals surface area contributed by atoms with Gasteiger partial charge in [-0.05, 0) is 49.4 Å². The van der Waals surface area contributed by atoms with Gasteiger partial charge in [0.15, 0.2) is 0 Å². The molecule has 4 heteroatoms. The number of benzene rings is 2. The molecule has 0 aliphatic carbocycles. The molecule has 3 rings (SSSR count). The molecule has 0 saturated carbocycles. The molecule has 2 aromatic carbocycles. The Morgan fingerprint density at radius 2 is 1.64 bits per heavy atom. The van der Waals surface area contributed by atoms with Crippen LogP contribution in [0.3, 0.4) is 0 Å². The molecule has 25 heavy (non-hydrogen) atoms. The van der Waals surface area contributed by atoms with Gasteiger partial charge in [0.05, 0.1) is 0 Å². The van der Waals surface area contributed by atoms with E-state index >= 15 is 0 Å². The summed E-state index contributed by atoms with van der Waals surface area (Å²) in [6.07, 6.45) is 1.61. The summed E-state index contributed by atoms with van der Waals surface area (Å²) in [7, 11) is 0. The molecular formula is C21H17N3O. The van der Waals surface area contributed by atoms with Gasteiger partial charge in [0.1, 0.15) is 11.6 Å². The minimum atomic E-state index is -0.424. The number of hydrogen-bond donors (Lipinski definition) is 1. The fraction of sp³-hybridized carbons (Fsp3) is 0.0476. The zero-order valence-electron chi connectivity index (χ0n) is 13.8. The minimum absolute atomic E-state index is 0.0548. The summed E-state index contributed by atoms with van der Waals surface area (Å²) in [5.41, 5.74) is 3.50. The van der Waals surface area contributed by atoms with Crippen molar-refractivity contribution in [2.45, 2.75) is 6.92 Å². The maximum absolute atomic E-state index is 12.4. The fourth-order valence-electron chi connectivity index (χ4n) is 2.62. The molecule has 0 atom stereocenters. The number of nitriles is 1. The Morgan fingerprint density at radius 1 is 1.00 bits per heavy atom. The Balaban J connectivity index is 1.94. The number of aromatic nitrogens is 1. The predicted molar refractivity (Wildman–Crippen MR) is 99.2 cm³/mol. The van der Waals surface area contributed by atoms with Crippen molar-refractivity contribution in [3.05, 3.63) is 89.8 Å². The second-order valence-corrected chi connectivity index (χ2v) is 5.56. The van der Waals surface area contributed by atoms with Crippen molar-refractivity contribution in [2.24, 2.45) is 0 Å². The zero-order valence-corrected chi connectivity index (χ0v) is 13.8. The van der Waals surface area contributed by atoms with E-state index in [1.54, 1.807) is 18.2 Å². The maximum atomic E-state index is 12.4. The average molecular weight is 327 g/mol. The van der Waals surface area contributed by atoms with Gasteiger partial charge in [-0.3, -0.25) is 4.79 Å². The largest absolute Gasteiger partial charge is 0.321 e. The molecule has 0 unspecified atom stereocenters. The second-order valence-electron chi connectivity index (χ2n) is 5.56. The van der Waals surface area contributed by atoms with Gasteiger partial charge in [-0.1, -0.05) is 36.4 Å². The molecule has 122 valence electrons. The molecule has 0 aliphatic heterocycles. The minimum Gasteiger partial charge on any atom is -0.321 e. The van der Waals surface area contributed by atoms with Crippen LogP contribution in [0, 0.1) is 18.3 Å². The summed E-state index contributed by atoms with van der Waals surface area (Å²) in [6, 6.07) is 24.8. The molecule has 1 amide bonds. The van der Waals surface area contributed by atoms with Gasteiger partial charge in [-0.25, -0.2) is 0 Å². The van der Waals surface area contributed by atoms with E-state index in [4.69, 9.17) is 0 Å². The summed E-state index contributed by atoms with van der Waals surface area (Å²) < 4.78 is 2.01. The smallest absolute Gasteiger partial charge is 0.266 e. The molecule has 0 radical (unpaired) electrons. The molecule has 3 aromatic rings. The molecule has 0 fully saturated rings. The monoisotopic (exact) mass is 327 g/mol. The number of hydrogen-bond acceptors (Lipinski definition) is 2. The quantitative estimate of drug-likeness (QED) is 0.573. The Morgan fingerprint density at radius 3 is 2.28 bits per heavy atom. The lowest BCUT2D eigenvalue weighted by atomic mass is 10.2. The van der Waals surface area contributed by atoms with E-state index in [2.05, 4.69) is 5.32 Å². The summed E-state index contributed by atoms with van der Waals surface area (Å²) in [5, 5.41) is 12.2. The van der Waals surface area contributed by atoms with Crippen LogP contribution in [0.15, 0.2) is 78.4 Å². The summed E-state index contributed by atoms with van der Waals surface area (Å²) in [5.74, 6) is -0.424. The van der Waals surface area contributed by atoms with Crippen LogP contribution >= 0.6 is 0 Å². The normalized spacial score (nSPS) is 11.0. The van der Waals surface area contributed by atoms with Gasteiger partial charge in [-0.15, -0.1) is 0 Å². The van der Waals surface area contributed by atoms with Crippen LogP contribution in [0.5, 0.6) is 0 Å². The second kappa shape index (κ2) is 7.33. The highest BCUT2D eigenvalue weighted by Gasteiger charge is 2.12. The molecule has 1 aromatic heterocycles. The van der Waals surface area contributed by atoms with Crippen LogP contribution in [0.2, 0.25) is 0 Å². The first-order chi connectivity index (χ1) is 12.2. The zero-order chi connectivity index (χ0) is 17.6. The number of amides is 1. The third-order valence-electron chi connectivity index (χ3n) is 3.81. The highest BCUT2D eigenvalue weighted by Crippen LogP contribution is 2.19. The molecule has 0 bridgehead atoms.